The molecule has 4 heterocycles. The molecule has 0 saturated carbocycles. The van der Waals surface area contributed by atoms with Gasteiger partial charge >= 0.3 is 0 Å². The molecule has 3 atom stereocenters. The average Bonchev–Trinajstić information content (AvgIpc) is 3.24. The number of hydrogen-bond donors (Lipinski definition) is 2. The van der Waals surface area contributed by atoms with Crippen molar-refractivity contribution >= 4 is 5.65 Å². The summed E-state index contributed by atoms with van der Waals surface area (Å²) in [5.41, 5.74) is 9.14. The van der Waals surface area contributed by atoms with Crippen LogP contribution in [0, 0.1) is 24.4 Å². The smallest absolute Gasteiger partial charge is 0.272 e. The molecule has 1 fully saturated rings. The average molecular weight is 419 g/mol. The Labute approximate surface area is 169 Å². The topological polar surface area (TPSA) is 88.6 Å². The predicted octanol–water partition coefficient (Wildman–Crippen LogP) is 1.92. The van der Waals surface area contributed by atoms with Crippen molar-refractivity contribution in [2.75, 3.05) is 6.61 Å². The van der Waals surface area contributed by atoms with Gasteiger partial charge in [0.1, 0.15) is 11.9 Å². The zero-order valence-corrected chi connectivity index (χ0v) is 16.2. The molecule has 30 heavy (non-hydrogen) atoms. The molecule has 0 amide bonds. The minimum atomic E-state index is -1.24. The molecule has 7 nitrogen and oxygen atoms in total. The number of nitrogens with one attached hydrogen (secondary N) is 1. The van der Waals surface area contributed by atoms with Crippen LogP contribution in [-0.4, -0.2) is 38.2 Å². The minimum Gasteiger partial charge on any atom is -0.370 e. The molecule has 3 aromatic rings. The van der Waals surface area contributed by atoms with Crippen molar-refractivity contribution < 1.29 is 17.9 Å². The number of H-pyrrole nitrogens is 1. The molecule has 2 aliphatic rings. The summed E-state index contributed by atoms with van der Waals surface area (Å²) in [5.74, 6) is -3.25. The first kappa shape index (κ1) is 19.3. The van der Waals surface area contributed by atoms with Crippen LogP contribution in [0.4, 0.5) is 13.2 Å². The Balaban J connectivity index is 1.34. The molecule has 1 aromatic carbocycles. The highest BCUT2D eigenvalue weighted by Crippen LogP contribution is 2.35. The summed E-state index contributed by atoms with van der Waals surface area (Å²) in [7, 11) is 0. The van der Waals surface area contributed by atoms with Crippen molar-refractivity contribution in [3.63, 3.8) is 0 Å². The molecule has 0 aliphatic carbocycles. The van der Waals surface area contributed by atoms with Gasteiger partial charge < -0.3 is 10.5 Å². The largest absolute Gasteiger partial charge is 0.370 e. The lowest BCUT2D eigenvalue weighted by molar-refractivity contribution is -0.0533. The first-order valence-corrected chi connectivity index (χ1v) is 9.67. The second-order valence-electron chi connectivity index (χ2n) is 7.96. The first-order chi connectivity index (χ1) is 14.3. The van der Waals surface area contributed by atoms with E-state index in [2.05, 4.69) is 15.0 Å². The number of nitrogens with two attached hydrogens (primary N) is 1. The molecule has 3 N–H and O–H groups in total. The van der Waals surface area contributed by atoms with Crippen molar-refractivity contribution in [3.05, 3.63) is 68.5 Å². The highest BCUT2D eigenvalue weighted by Gasteiger charge is 2.37. The lowest BCUT2D eigenvalue weighted by atomic mass is 9.93. The highest BCUT2D eigenvalue weighted by atomic mass is 19.2. The number of aryl methyl sites for hydroxylation is 1. The lowest BCUT2D eigenvalue weighted by Gasteiger charge is -2.38. The second kappa shape index (κ2) is 6.93. The molecule has 0 bridgehead atoms. The quantitative estimate of drug-likeness (QED) is 0.620. The molecule has 10 heteroatoms. The Bertz CT molecular complexity index is 1210. The number of aromatic amines is 1. The van der Waals surface area contributed by atoms with Gasteiger partial charge in [0.05, 0.1) is 12.3 Å². The van der Waals surface area contributed by atoms with E-state index in [0.29, 0.717) is 36.9 Å². The third-order valence-electron chi connectivity index (χ3n) is 5.91. The van der Waals surface area contributed by atoms with Crippen LogP contribution in [0.1, 0.15) is 35.0 Å². The summed E-state index contributed by atoms with van der Waals surface area (Å²) in [5, 5.41) is 3.11. The Morgan fingerprint density at radius 3 is 2.70 bits per heavy atom. The van der Waals surface area contributed by atoms with E-state index in [4.69, 9.17) is 10.5 Å². The van der Waals surface area contributed by atoms with Crippen LogP contribution in [0.2, 0.25) is 0 Å². The fourth-order valence-corrected chi connectivity index (χ4v) is 4.44. The standard InChI is InChI=1S/C20H20F3N5O2/c1-9-2-18(29)28-20(25-9)12-6-27(7-17(12)26-28)10-3-16(24)19(30-8-10)11-4-14(22)15(23)5-13(11)21/h2,4-5,10,16,19,26H,3,6-8,24H2,1H3/t10-,16+,19-/m1/s1. The Morgan fingerprint density at radius 2 is 1.93 bits per heavy atom. The van der Waals surface area contributed by atoms with E-state index < -0.39 is 29.6 Å². The highest BCUT2D eigenvalue weighted by molar-refractivity contribution is 5.52. The zero-order valence-electron chi connectivity index (χ0n) is 16.2. The first-order valence-electron chi connectivity index (χ1n) is 9.67. The molecular formula is C20H20F3N5O2. The van der Waals surface area contributed by atoms with E-state index in [0.717, 1.165) is 17.3 Å². The Kier molecular flexibility index (Phi) is 4.46. The van der Waals surface area contributed by atoms with Gasteiger partial charge in [0.25, 0.3) is 5.56 Å². The van der Waals surface area contributed by atoms with Crippen LogP contribution in [0.15, 0.2) is 23.0 Å². The van der Waals surface area contributed by atoms with Crippen LogP contribution >= 0.6 is 0 Å². The van der Waals surface area contributed by atoms with Crippen molar-refractivity contribution in [1.29, 1.82) is 0 Å². The second-order valence-corrected chi connectivity index (χ2v) is 7.96. The van der Waals surface area contributed by atoms with Crippen molar-refractivity contribution in [3.8, 4) is 0 Å². The molecule has 1 saturated heterocycles. The molecule has 0 unspecified atom stereocenters. The van der Waals surface area contributed by atoms with Crippen molar-refractivity contribution in [1.82, 2.24) is 19.5 Å². The fourth-order valence-electron chi connectivity index (χ4n) is 4.44. The molecule has 2 aliphatic heterocycles. The number of benzene rings is 1. The maximum absolute atomic E-state index is 14.1. The summed E-state index contributed by atoms with van der Waals surface area (Å²) < 4.78 is 48.2. The predicted molar refractivity (Wildman–Crippen MR) is 101 cm³/mol. The molecule has 5 rings (SSSR count). The van der Waals surface area contributed by atoms with E-state index in [1.54, 1.807) is 6.92 Å². The zero-order chi connectivity index (χ0) is 21.2. The van der Waals surface area contributed by atoms with Crippen LogP contribution in [0.3, 0.4) is 0 Å². The number of aromatic nitrogens is 3. The van der Waals surface area contributed by atoms with Gasteiger partial charge in [0.2, 0.25) is 0 Å². The molecular weight excluding hydrogens is 399 g/mol. The summed E-state index contributed by atoms with van der Waals surface area (Å²) in [4.78, 5) is 18.8. The van der Waals surface area contributed by atoms with Crippen molar-refractivity contribution in [2.45, 2.75) is 44.6 Å². The maximum Gasteiger partial charge on any atom is 0.272 e. The monoisotopic (exact) mass is 419 g/mol. The van der Waals surface area contributed by atoms with Gasteiger partial charge in [-0.25, -0.2) is 22.7 Å². The summed E-state index contributed by atoms with van der Waals surface area (Å²) in [6, 6.07) is 2.18. The van der Waals surface area contributed by atoms with Gasteiger partial charge in [0, 0.05) is 54.1 Å². The molecule has 0 spiro atoms. The van der Waals surface area contributed by atoms with Crippen LogP contribution in [0.5, 0.6) is 0 Å². The number of fused-ring (bicyclic) bond motifs is 3. The number of halogens is 3. The van der Waals surface area contributed by atoms with Gasteiger partial charge in [-0.1, -0.05) is 0 Å². The maximum atomic E-state index is 14.1. The molecule has 2 aromatic heterocycles. The van der Waals surface area contributed by atoms with Crippen LogP contribution in [0.25, 0.3) is 5.65 Å². The molecule has 0 radical (unpaired) electrons. The minimum absolute atomic E-state index is 0.0398. The SMILES string of the molecule is Cc1cc(=O)n2[nH]c3c(c2n1)CN([C@H]1CO[C@H](c2cc(F)c(F)cc2F)[C@@H](N)C1)C3. The van der Waals surface area contributed by atoms with Crippen LogP contribution < -0.4 is 11.3 Å². The molecule has 158 valence electrons. The third-order valence-corrected chi connectivity index (χ3v) is 5.91. The van der Waals surface area contributed by atoms with Gasteiger partial charge in [-0.15, -0.1) is 0 Å². The number of ether oxygens (including phenoxy) is 1. The van der Waals surface area contributed by atoms with Crippen LogP contribution in [-0.2, 0) is 17.8 Å². The van der Waals surface area contributed by atoms with Crippen molar-refractivity contribution in [2.24, 2.45) is 5.73 Å². The van der Waals surface area contributed by atoms with E-state index >= 15 is 0 Å². The Hall–Kier alpha value is -2.69. The van der Waals surface area contributed by atoms with Gasteiger partial charge in [-0.3, -0.25) is 14.8 Å². The third kappa shape index (κ3) is 3.03. The number of rotatable bonds is 2. The van der Waals surface area contributed by atoms with Gasteiger partial charge in [-0.05, 0) is 19.4 Å². The number of nitrogens with zero attached hydrogens (tertiary/aromatic N) is 3. The van der Waals surface area contributed by atoms with E-state index in [1.807, 2.05) is 0 Å². The summed E-state index contributed by atoms with van der Waals surface area (Å²) >= 11 is 0. The Morgan fingerprint density at radius 1 is 1.17 bits per heavy atom. The van der Waals surface area contributed by atoms with Gasteiger partial charge in [-0.2, -0.15) is 0 Å². The normalized spacial score (nSPS) is 24.5. The lowest BCUT2D eigenvalue weighted by Crippen LogP contribution is -2.47. The summed E-state index contributed by atoms with van der Waals surface area (Å²) in [6.45, 7) is 3.19. The fraction of sp³-hybridized carbons (Fsp3) is 0.400. The van der Waals surface area contributed by atoms with E-state index in [1.165, 1.54) is 10.6 Å². The van der Waals surface area contributed by atoms with E-state index in [-0.39, 0.29) is 23.8 Å². The number of hydrogen-bond acceptors (Lipinski definition) is 5. The van der Waals surface area contributed by atoms with E-state index in [9.17, 15) is 18.0 Å². The van der Waals surface area contributed by atoms with Gasteiger partial charge in [0.15, 0.2) is 17.3 Å². The summed E-state index contributed by atoms with van der Waals surface area (Å²) in [6.07, 6.45) is -0.349.